The third-order valence-corrected chi connectivity index (χ3v) is 3.34. The van der Waals surface area contributed by atoms with E-state index in [0.717, 1.165) is 32.7 Å². The number of ether oxygens (including phenoxy) is 1. The quantitative estimate of drug-likeness (QED) is 0.773. The van der Waals surface area contributed by atoms with Crippen molar-refractivity contribution in [3.8, 4) is 0 Å². The third kappa shape index (κ3) is 4.09. The molecule has 1 aliphatic heterocycles. The van der Waals surface area contributed by atoms with Gasteiger partial charge in [-0.15, -0.1) is 0 Å². The summed E-state index contributed by atoms with van der Waals surface area (Å²) in [5.41, 5.74) is 6.37. The molecule has 1 saturated heterocycles. The first kappa shape index (κ1) is 12.9. The molecule has 3 nitrogen and oxygen atoms in total. The van der Waals surface area contributed by atoms with Crippen LogP contribution in [-0.2, 0) is 4.74 Å². The Morgan fingerprint density at radius 1 is 1.47 bits per heavy atom. The second-order valence-electron chi connectivity index (χ2n) is 5.72. The van der Waals surface area contributed by atoms with Gasteiger partial charge in [0.15, 0.2) is 0 Å². The van der Waals surface area contributed by atoms with Crippen molar-refractivity contribution in [2.45, 2.75) is 46.2 Å². The van der Waals surface area contributed by atoms with Crippen LogP contribution in [-0.4, -0.2) is 43.3 Å². The molecule has 2 unspecified atom stereocenters. The number of nitrogens with two attached hydrogens (primary N) is 1. The van der Waals surface area contributed by atoms with E-state index in [2.05, 4.69) is 32.6 Å². The predicted molar refractivity (Wildman–Crippen MR) is 63.9 cm³/mol. The summed E-state index contributed by atoms with van der Waals surface area (Å²) in [5.74, 6) is 0. The van der Waals surface area contributed by atoms with Gasteiger partial charge in [-0.3, -0.25) is 4.90 Å². The minimum Gasteiger partial charge on any atom is -0.379 e. The minimum atomic E-state index is 0.218. The van der Waals surface area contributed by atoms with Crippen molar-refractivity contribution in [1.82, 2.24) is 4.90 Å². The summed E-state index contributed by atoms with van der Waals surface area (Å²) in [6, 6.07) is 0.832. The molecule has 90 valence electrons. The standard InChI is InChI=1S/C12H26N2O/c1-10-9-15-8-7-14(10)6-5-11(13)12(2,3)4/h10-11H,5-9,13H2,1-4H3. The lowest BCUT2D eigenvalue weighted by Gasteiger charge is -2.35. The zero-order valence-electron chi connectivity index (χ0n) is 10.6. The van der Waals surface area contributed by atoms with Crippen molar-refractivity contribution >= 4 is 0 Å². The Morgan fingerprint density at radius 2 is 2.13 bits per heavy atom. The molecule has 1 heterocycles. The lowest BCUT2D eigenvalue weighted by Crippen LogP contribution is -2.46. The van der Waals surface area contributed by atoms with Gasteiger partial charge in [-0.1, -0.05) is 20.8 Å². The number of rotatable bonds is 3. The Labute approximate surface area is 94.0 Å². The van der Waals surface area contributed by atoms with Crippen LogP contribution in [0.1, 0.15) is 34.1 Å². The van der Waals surface area contributed by atoms with E-state index < -0.39 is 0 Å². The molecule has 0 spiro atoms. The summed E-state index contributed by atoms with van der Waals surface area (Å²) >= 11 is 0. The molecular weight excluding hydrogens is 188 g/mol. The van der Waals surface area contributed by atoms with Crippen LogP contribution < -0.4 is 5.73 Å². The summed E-state index contributed by atoms with van der Waals surface area (Å²) in [6.45, 7) is 12.7. The van der Waals surface area contributed by atoms with Crippen molar-refractivity contribution in [2.24, 2.45) is 11.1 Å². The van der Waals surface area contributed by atoms with Gasteiger partial charge in [0.2, 0.25) is 0 Å². The average molecular weight is 214 g/mol. The second-order valence-corrected chi connectivity index (χ2v) is 5.72. The molecular formula is C12H26N2O. The van der Waals surface area contributed by atoms with E-state index in [0.29, 0.717) is 6.04 Å². The summed E-state index contributed by atoms with van der Waals surface area (Å²) in [7, 11) is 0. The van der Waals surface area contributed by atoms with Gasteiger partial charge in [-0.2, -0.15) is 0 Å². The van der Waals surface area contributed by atoms with Gasteiger partial charge in [0.05, 0.1) is 13.2 Å². The maximum Gasteiger partial charge on any atom is 0.0619 e. The van der Waals surface area contributed by atoms with Gasteiger partial charge in [0.25, 0.3) is 0 Å². The van der Waals surface area contributed by atoms with Crippen molar-refractivity contribution in [3.05, 3.63) is 0 Å². The van der Waals surface area contributed by atoms with Gasteiger partial charge in [0.1, 0.15) is 0 Å². The number of nitrogens with zero attached hydrogens (tertiary/aromatic N) is 1. The Hall–Kier alpha value is -0.120. The fourth-order valence-corrected chi connectivity index (χ4v) is 1.83. The molecule has 1 fully saturated rings. The molecule has 0 aromatic carbocycles. The van der Waals surface area contributed by atoms with E-state index in [1.165, 1.54) is 0 Å². The monoisotopic (exact) mass is 214 g/mol. The highest BCUT2D eigenvalue weighted by Crippen LogP contribution is 2.20. The molecule has 0 aromatic heterocycles. The van der Waals surface area contributed by atoms with Gasteiger partial charge in [-0.25, -0.2) is 0 Å². The van der Waals surface area contributed by atoms with Crippen LogP contribution in [0.15, 0.2) is 0 Å². The van der Waals surface area contributed by atoms with Crippen LogP contribution in [0.5, 0.6) is 0 Å². The lowest BCUT2D eigenvalue weighted by atomic mass is 9.85. The summed E-state index contributed by atoms with van der Waals surface area (Å²) in [5, 5.41) is 0. The number of morpholine rings is 1. The largest absolute Gasteiger partial charge is 0.379 e. The predicted octanol–water partition coefficient (Wildman–Crippen LogP) is 1.47. The van der Waals surface area contributed by atoms with Gasteiger partial charge in [0, 0.05) is 25.2 Å². The maximum atomic E-state index is 6.16. The second kappa shape index (κ2) is 5.28. The normalized spacial score (nSPS) is 26.6. The summed E-state index contributed by atoms with van der Waals surface area (Å²) < 4.78 is 5.41. The van der Waals surface area contributed by atoms with Crippen LogP contribution in [0.3, 0.4) is 0 Å². The number of hydrogen-bond acceptors (Lipinski definition) is 3. The fourth-order valence-electron chi connectivity index (χ4n) is 1.83. The topological polar surface area (TPSA) is 38.5 Å². The molecule has 0 aliphatic carbocycles. The average Bonchev–Trinajstić information content (AvgIpc) is 2.14. The van der Waals surface area contributed by atoms with Crippen LogP contribution >= 0.6 is 0 Å². The fraction of sp³-hybridized carbons (Fsp3) is 1.00. The molecule has 0 aromatic rings. The molecule has 3 heteroatoms. The van der Waals surface area contributed by atoms with Crippen LogP contribution in [0.2, 0.25) is 0 Å². The molecule has 0 amide bonds. The lowest BCUT2D eigenvalue weighted by molar-refractivity contribution is -0.00265. The zero-order chi connectivity index (χ0) is 11.5. The SMILES string of the molecule is CC1COCCN1CCC(N)C(C)(C)C. The molecule has 2 N–H and O–H groups in total. The van der Waals surface area contributed by atoms with E-state index in [1.54, 1.807) is 0 Å². The van der Waals surface area contributed by atoms with Gasteiger partial charge >= 0.3 is 0 Å². The van der Waals surface area contributed by atoms with E-state index in [9.17, 15) is 0 Å². The Morgan fingerprint density at radius 3 is 2.67 bits per heavy atom. The third-order valence-electron chi connectivity index (χ3n) is 3.34. The Kier molecular flexibility index (Phi) is 4.56. The number of hydrogen-bond donors (Lipinski definition) is 1. The van der Waals surface area contributed by atoms with Crippen molar-refractivity contribution in [3.63, 3.8) is 0 Å². The Balaban J connectivity index is 2.29. The molecule has 0 bridgehead atoms. The van der Waals surface area contributed by atoms with E-state index in [1.807, 2.05) is 0 Å². The highest BCUT2D eigenvalue weighted by Gasteiger charge is 2.23. The summed E-state index contributed by atoms with van der Waals surface area (Å²) in [6.07, 6.45) is 1.08. The van der Waals surface area contributed by atoms with E-state index in [-0.39, 0.29) is 11.5 Å². The highest BCUT2D eigenvalue weighted by molar-refractivity contribution is 4.80. The molecule has 15 heavy (non-hydrogen) atoms. The highest BCUT2D eigenvalue weighted by atomic mass is 16.5. The molecule has 1 aliphatic rings. The smallest absolute Gasteiger partial charge is 0.0619 e. The first-order valence-corrected chi connectivity index (χ1v) is 5.98. The molecule has 0 saturated carbocycles. The van der Waals surface area contributed by atoms with Crippen molar-refractivity contribution < 1.29 is 4.74 Å². The minimum absolute atomic E-state index is 0.218. The van der Waals surface area contributed by atoms with Crippen LogP contribution in [0.25, 0.3) is 0 Å². The molecule has 1 rings (SSSR count). The van der Waals surface area contributed by atoms with Crippen LogP contribution in [0, 0.1) is 5.41 Å². The Bertz CT molecular complexity index is 189. The first-order chi connectivity index (χ1) is 6.91. The molecule has 0 radical (unpaired) electrons. The van der Waals surface area contributed by atoms with Crippen molar-refractivity contribution in [1.29, 1.82) is 0 Å². The first-order valence-electron chi connectivity index (χ1n) is 5.98. The van der Waals surface area contributed by atoms with Gasteiger partial charge in [-0.05, 0) is 18.8 Å². The van der Waals surface area contributed by atoms with Crippen molar-refractivity contribution in [2.75, 3.05) is 26.3 Å². The van der Waals surface area contributed by atoms with E-state index in [4.69, 9.17) is 10.5 Å². The molecule has 2 atom stereocenters. The zero-order valence-corrected chi connectivity index (χ0v) is 10.6. The van der Waals surface area contributed by atoms with Crippen LogP contribution in [0.4, 0.5) is 0 Å². The summed E-state index contributed by atoms with van der Waals surface area (Å²) in [4.78, 5) is 2.48. The van der Waals surface area contributed by atoms with E-state index >= 15 is 0 Å². The van der Waals surface area contributed by atoms with Gasteiger partial charge < -0.3 is 10.5 Å². The maximum absolute atomic E-state index is 6.16.